The predicted molar refractivity (Wildman–Crippen MR) is 73.6 cm³/mol. The molecule has 0 atom stereocenters. The van der Waals surface area contributed by atoms with Gasteiger partial charge in [-0.15, -0.1) is 0 Å². The van der Waals surface area contributed by atoms with Crippen molar-refractivity contribution in [2.75, 3.05) is 19.5 Å². The van der Waals surface area contributed by atoms with Crippen LogP contribution in [0.3, 0.4) is 0 Å². The van der Waals surface area contributed by atoms with Gasteiger partial charge in [0.15, 0.2) is 11.5 Å². The number of anilines is 1. The number of methoxy groups -OCH3 is 1. The van der Waals surface area contributed by atoms with Crippen molar-refractivity contribution < 1.29 is 9.47 Å². The molecule has 5 nitrogen and oxygen atoms in total. The van der Waals surface area contributed by atoms with Gasteiger partial charge in [-0.2, -0.15) is 0 Å². The average molecular weight is 259 g/mol. The Morgan fingerprint density at radius 1 is 1.16 bits per heavy atom. The quantitative estimate of drug-likeness (QED) is 0.893. The van der Waals surface area contributed by atoms with Crippen LogP contribution in [0.25, 0.3) is 0 Å². The number of nitrogens with zero attached hydrogens (tertiary/aromatic N) is 2. The van der Waals surface area contributed by atoms with Crippen LogP contribution in [0, 0.1) is 6.92 Å². The van der Waals surface area contributed by atoms with Crippen LogP contribution in [0.5, 0.6) is 11.5 Å². The van der Waals surface area contributed by atoms with E-state index in [2.05, 4.69) is 15.3 Å². The molecule has 2 rings (SSSR count). The van der Waals surface area contributed by atoms with Gasteiger partial charge in [-0.25, -0.2) is 4.98 Å². The Balaban J connectivity index is 2.05. The lowest BCUT2D eigenvalue weighted by Gasteiger charge is -2.11. The standard InChI is InChI=1S/C14H17N3O2/c1-10-4-5-12(13(6-10)18-3)19-9-11-7-17-14(15-2)8-16-11/h4-8H,9H2,1-3H3,(H,15,17). The summed E-state index contributed by atoms with van der Waals surface area (Å²) < 4.78 is 11.0. The van der Waals surface area contributed by atoms with E-state index in [4.69, 9.17) is 9.47 Å². The van der Waals surface area contributed by atoms with E-state index in [1.165, 1.54) is 0 Å². The van der Waals surface area contributed by atoms with E-state index in [-0.39, 0.29) is 0 Å². The number of ether oxygens (including phenoxy) is 2. The molecule has 0 bridgehead atoms. The lowest BCUT2D eigenvalue weighted by molar-refractivity contribution is 0.280. The van der Waals surface area contributed by atoms with E-state index >= 15 is 0 Å². The summed E-state index contributed by atoms with van der Waals surface area (Å²) in [6, 6.07) is 5.81. The third-order valence-corrected chi connectivity index (χ3v) is 2.66. The van der Waals surface area contributed by atoms with Gasteiger partial charge in [0, 0.05) is 7.05 Å². The average Bonchev–Trinajstić information content (AvgIpc) is 2.46. The maximum atomic E-state index is 5.69. The van der Waals surface area contributed by atoms with Crippen molar-refractivity contribution in [1.82, 2.24) is 9.97 Å². The number of hydrogen-bond donors (Lipinski definition) is 1. The number of benzene rings is 1. The molecule has 1 N–H and O–H groups in total. The van der Waals surface area contributed by atoms with Crippen LogP contribution in [-0.4, -0.2) is 24.1 Å². The molecular formula is C14H17N3O2. The minimum atomic E-state index is 0.358. The molecule has 0 aliphatic carbocycles. The number of hydrogen-bond acceptors (Lipinski definition) is 5. The molecule has 0 fully saturated rings. The van der Waals surface area contributed by atoms with Crippen LogP contribution in [0.2, 0.25) is 0 Å². The molecule has 0 spiro atoms. The van der Waals surface area contributed by atoms with Gasteiger partial charge in [0.1, 0.15) is 12.4 Å². The van der Waals surface area contributed by atoms with Crippen LogP contribution in [0.1, 0.15) is 11.3 Å². The van der Waals surface area contributed by atoms with Crippen molar-refractivity contribution in [2.24, 2.45) is 0 Å². The number of nitrogens with one attached hydrogen (secondary N) is 1. The van der Waals surface area contributed by atoms with E-state index in [1.54, 1.807) is 26.6 Å². The zero-order valence-corrected chi connectivity index (χ0v) is 11.3. The first-order chi connectivity index (χ1) is 9.22. The molecule has 1 aromatic heterocycles. The van der Waals surface area contributed by atoms with Crippen molar-refractivity contribution >= 4 is 5.82 Å². The van der Waals surface area contributed by atoms with Crippen molar-refractivity contribution in [3.05, 3.63) is 41.9 Å². The molecule has 1 heterocycles. The fraction of sp³-hybridized carbons (Fsp3) is 0.286. The van der Waals surface area contributed by atoms with Crippen molar-refractivity contribution in [3.63, 3.8) is 0 Å². The zero-order chi connectivity index (χ0) is 13.7. The fourth-order valence-electron chi connectivity index (χ4n) is 1.60. The molecule has 0 unspecified atom stereocenters. The predicted octanol–water partition coefficient (Wildman–Crippen LogP) is 2.41. The first kappa shape index (κ1) is 13.1. The summed E-state index contributed by atoms with van der Waals surface area (Å²) in [7, 11) is 3.43. The number of aromatic nitrogens is 2. The highest BCUT2D eigenvalue weighted by Gasteiger charge is 2.05. The summed E-state index contributed by atoms with van der Waals surface area (Å²) in [4.78, 5) is 8.43. The molecule has 0 saturated carbocycles. The van der Waals surface area contributed by atoms with Crippen molar-refractivity contribution in [2.45, 2.75) is 13.5 Å². The molecule has 5 heteroatoms. The van der Waals surface area contributed by atoms with Gasteiger partial charge < -0.3 is 14.8 Å². The molecule has 2 aromatic rings. The highest BCUT2D eigenvalue weighted by atomic mass is 16.5. The first-order valence-corrected chi connectivity index (χ1v) is 5.99. The SMILES string of the molecule is CNc1cnc(COc2ccc(C)cc2OC)cn1. The highest BCUT2D eigenvalue weighted by Crippen LogP contribution is 2.28. The number of rotatable bonds is 5. The van der Waals surface area contributed by atoms with Crippen LogP contribution < -0.4 is 14.8 Å². The van der Waals surface area contributed by atoms with Crippen LogP contribution in [0.4, 0.5) is 5.82 Å². The third kappa shape index (κ3) is 3.34. The summed E-state index contributed by atoms with van der Waals surface area (Å²) in [6.45, 7) is 2.37. The molecule has 0 amide bonds. The Labute approximate surface area is 112 Å². The molecule has 1 aromatic carbocycles. The Hall–Kier alpha value is -2.30. The first-order valence-electron chi connectivity index (χ1n) is 5.99. The number of aryl methyl sites for hydroxylation is 1. The maximum Gasteiger partial charge on any atom is 0.161 e. The normalized spacial score (nSPS) is 10.1. The molecule has 100 valence electrons. The lowest BCUT2D eigenvalue weighted by Crippen LogP contribution is -2.02. The Morgan fingerprint density at radius 3 is 2.63 bits per heavy atom. The highest BCUT2D eigenvalue weighted by molar-refractivity contribution is 5.42. The van der Waals surface area contributed by atoms with E-state index in [9.17, 15) is 0 Å². The molecule has 0 aliphatic heterocycles. The van der Waals surface area contributed by atoms with E-state index < -0.39 is 0 Å². The van der Waals surface area contributed by atoms with Crippen LogP contribution >= 0.6 is 0 Å². The summed E-state index contributed by atoms with van der Waals surface area (Å²) in [6.07, 6.45) is 3.36. The minimum Gasteiger partial charge on any atom is -0.493 e. The molecular weight excluding hydrogens is 242 g/mol. The van der Waals surface area contributed by atoms with Crippen molar-refractivity contribution in [1.29, 1.82) is 0 Å². The molecule has 0 saturated heterocycles. The largest absolute Gasteiger partial charge is 0.493 e. The van der Waals surface area contributed by atoms with Gasteiger partial charge in [-0.05, 0) is 24.6 Å². The van der Waals surface area contributed by atoms with Gasteiger partial charge in [-0.3, -0.25) is 4.98 Å². The monoisotopic (exact) mass is 259 g/mol. The summed E-state index contributed by atoms with van der Waals surface area (Å²) in [5.41, 5.74) is 1.89. The molecule has 0 radical (unpaired) electrons. The second-order valence-corrected chi connectivity index (χ2v) is 4.09. The van der Waals surface area contributed by atoms with E-state index in [1.807, 2.05) is 25.1 Å². The van der Waals surface area contributed by atoms with E-state index in [0.29, 0.717) is 12.4 Å². The second kappa shape index (κ2) is 6.04. The zero-order valence-electron chi connectivity index (χ0n) is 11.3. The van der Waals surface area contributed by atoms with Gasteiger partial charge in [-0.1, -0.05) is 6.07 Å². The minimum absolute atomic E-state index is 0.358. The molecule has 0 aliphatic rings. The smallest absolute Gasteiger partial charge is 0.161 e. The topological polar surface area (TPSA) is 56.3 Å². The van der Waals surface area contributed by atoms with Crippen LogP contribution in [0.15, 0.2) is 30.6 Å². The Kier molecular flexibility index (Phi) is 4.18. The lowest BCUT2D eigenvalue weighted by atomic mass is 10.2. The summed E-state index contributed by atoms with van der Waals surface area (Å²) >= 11 is 0. The summed E-state index contributed by atoms with van der Waals surface area (Å²) in [5.74, 6) is 2.16. The third-order valence-electron chi connectivity index (χ3n) is 2.66. The Bertz CT molecular complexity index is 541. The van der Waals surface area contributed by atoms with E-state index in [0.717, 1.165) is 22.8 Å². The van der Waals surface area contributed by atoms with Gasteiger partial charge in [0.2, 0.25) is 0 Å². The second-order valence-electron chi connectivity index (χ2n) is 4.09. The fourth-order valence-corrected chi connectivity index (χ4v) is 1.60. The Morgan fingerprint density at radius 2 is 2.00 bits per heavy atom. The van der Waals surface area contributed by atoms with Crippen LogP contribution in [-0.2, 0) is 6.61 Å². The van der Waals surface area contributed by atoms with Gasteiger partial charge in [0.05, 0.1) is 25.2 Å². The van der Waals surface area contributed by atoms with Crippen molar-refractivity contribution in [3.8, 4) is 11.5 Å². The summed E-state index contributed by atoms with van der Waals surface area (Å²) in [5, 5.41) is 2.92. The van der Waals surface area contributed by atoms with Gasteiger partial charge in [0.25, 0.3) is 0 Å². The molecule has 19 heavy (non-hydrogen) atoms. The maximum absolute atomic E-state index is 5.69. The van der Waals surface area contributed by atoms with Gasteiger partial charge >= 0.3 is 0 Å².